The molecule has 0 radical (unpaired) electrons. The number of hydrogen-bond donors (Lipinski definition) is 1. The number of rotatable bonds is 6. The van der Waals surface area contributed by atoms with Gasteiger partial charge >= 0.3 is 5.69 Å². The molecule has 0 bridgehead atoms. The lowest BCUT2D eigenvalue weighted by Crippen LogP contribution is -2.31. The molecule has 0 spiro atoms. The molecule has 0 saturated carbocycles. The zero-order chi connectivity index (χ0) is 18.6. The van der Waals surface area contributed by atoms with E-state index in [1.165, 1.54) is 26.2 Å². The van der Waals surface area contributed by atoms with E-state index in [2.05, 4.69) is 5.32 Å². The SMILES string of the molecule is COc1ccc(O[C@H](C)C(=O)Nc2c(F)cccc2F)c([N+](=O)[O-])c1. The number of para-hydroxylation sites is 1. The van der Waals surface area contributed by atoms with Gasteiger partial charge in [0.1, 0.15) is 23.1 Å². The van der Waals surface area contributed by atoms with Gasteiger partial charge in [-0.25, -0.2) is 8.78 Å². The number of nitrogens with one attached hydrogen (secondary N) is 1. The van der Waals surface area contributed by atoms with Crippen LogP contribution < -0.4 is 14.8 Å². The minimum Gasteiger partial charge on any atom is -0.496 e. The van der Waals surface area contributed by atoms with E-state index in [-0.39, 0.29) is 11.5 Å². The fourth-order valence-corrected chi connectivity index (χ4v) is 1.95. The van der Waals surface area contributed by atoms with Crippen LogP contribution in [0.1, 0.15) is 6.92 Å². The Morgan fingerprint density at radius 1 is 1.24 bits per heavy atom. The van der Waals surface area contributed by atoms with E-state index in [1.807, 2.05) is 0 Å². The summed E-state index contributed by atoms with van der Waals surface area (Å²) in [5, 5.41) is 13.2. The normalized spacial score (nSPS) is 11.5. The van der Waals surface area contributed by atoms with E-state index < -0.39 is 39.9 Å². The third kappa shape index (κ3) is 4.19. The number of methoxy groups -OCH3 is 1. The zero-order valence-corrected chi connectivity index (χ0v) is 13.3. The van der Waals surface area contributed by atoms with Crippen molar-refractivity contribution < 1.29 is 28.0 Å². The topological polar surface area (TPSA) is 90.7 Å². The lowest BCUT2D eigenvalue weighted by atomic mass is 10.2. The Morgan fingerprint density at radius 2 is 1.88 bits per heavy atom. The Hall–Kier alpha value is -3.23. The number of carbonyl (C=O) groups excluding carboxylic acids is 1. The maximum Gasteiger partial charge on any atom is 0.314 e. The third-order valence-corrected chi connectivity index (χ3v) is 3.25. The van der Waals surface area contributed by atoms with Crippen LogP contribution in [0.3, 0.4) is 0 Å². The van der Waals surface area contributed by atoms with Crippen LogP contribution >= 0.6 is 0 Å². The molecule has 132 valence electrons. The molecule has 9 heteroatoms. The molecular weight excluding hydrogens is 338 g/mol. The molecule has 2 aromatic carbocycles. The Kier molecular flexibility index (Phi) is 5.48. The van der Waals surface area contributed by atoms with Crippen LogP contribution in [0.4, 0.5) is 20.2 Å². The van der Waals surface area contributed by atoms with Gasteiger partial charge in [0.25, 0.3) is 5.91 Å². The lowest BCUT2D eigenvalue weighted by molar-refractivity contribution is -0.386. The first kappa shape index (κ1) is 18.1. The third-order valence-electron chi connectivity index (χ3n) is 3.25. The Labute approximate surface area is 141 Å². The van der Waals surface area contributed by atoms with Gasteiger partial charge in [0.2, 0.25) is 0 Å². The summed E-state index contributed by atoms with van der Waals surface area (Å²) in [5.74, 6) is -2.70. The fourth-order valence-electron chi connectivity index (χ4n) is 1.95. The molecule has 0 saturated heterocycles. The fraction of sp³-hybridized carbons (Fsp3) is 0.188. The smallest absolute Gasteiger partial charge is 0.314 e. The van der Waals surface area contributed by atoms with Gasteiger partial charge in [0.05, 0.1) is 18.1 Å². The van der Waals surface area contributed by atoms with E-state index in [0.29, 0.717) is 0 Å². The number of nitro benzene ring substituents is 1. The first-order valence-electron chi connectivity index (χ1n) is 7.07. The van der Waals surface area contributed by atoms with Crippen molar-refractivity contribution >= 4 is 17.3 Å². The molecule has 0 fully saturated rings. The van der Waals surface area contributed by atoms with Crippen LogP contribution in [0.2, 0.25) is 0 Å². The largest absolute Gasteiger partial charge is 0.496 e. The van der Waals surface area contributed by atoms with Gasteiger partial charge < -0.3 is 14.8 Å². The summed E-state index contributed by atoms with van der Waals surface area (Å²) in [5.41, 5.74) is -1.02. The van der Waals surface area contributed by atoms with E-state index in [0.717, 1.165) is 24.3 Å². The average Bonchev–Trinajstić information content (AvgIpc) is 2.58. The van der Waals surface area contributed by atoms with Crippen LogP contribution in [0.5, 0.6) is 11.5 Å². The molecule has 2 aromatic rings. The van der Waals surface area contributed by atoms with Crippen molar-refractivity contribution in [2.45, 2.75) is 13.0 Å². The van der Waals surface area contributed by atoms with Crippen LogP contribution in [0, 0.1) is 21.7 Å². The Balaban J connectivity index is 2.18. The van der Waals surface area contributed by atoms with Gasteiger partial charge in [-0.2, -0.15) is 0 Å². The van der Waals surface area contributed by atoms with Crippen LogP contribution in [-0.4, -0.2) is 24.0 Å². The quantitative estimate of drug-likeness (QED) is 0.636. The highest BCUT2D eigenvalue weighted by Crippen LogP contribution is 2.32. The zero-order valence-electron chi connectivity index (χ0n) is 13.3. The first-order valence-corrected chi connectivity index (χ1v) is 7.07. The van der Waals surface area contributed by atoms with Gasteiger partial charge in [0, 0.05) is 0 Å². The predicted molar refractivity (Wildman–Crippen MR) is 84.7 cm³/mol. The van der Waals surface area contributed by atoms with Gasteiger partial charge in [-0.15, -0.1) is 0 Å². The maximum atomic E-state index is 13.6. The molecule has 25 heavy (non-hydrogen) atoms. The summed E-state index contributed by atoms with van der Waals surface area (Å²) >= 11 is 0. The van der Waals surface area contributed by atoms with Crippen LogP contribution in [-0.2, 0) is 4.79 Å². The minimum atomic E-state index is -1.24. The molecule has 0 unspecified atom stereocenters. The van der Waals surface area contributed by atoms with Crippen molar-refractivity contribution in [3.63, 3.8) is 0 Å². The monoisotopic (exact) mass is 352 g/mol. The highest BCUT2D eigenvalue weighted by Gasteiger charge is 2.23. The van der Waals surface area contributed by atoms with Gasteiger partial charge in [-0.3, -0.25) is 14.9 Å². The maximum absolute atomic E-state index is 13.6. The van der Waals surface area contributed by atoms with Crippen molar-refractivity contribution in [2.24, 2.45) is 0 Å². The predicted octanol–water partition coefficient (Wildman–Crippen LogP) is 3.29. The van der Waals surface area contributed by atoms with E-state index in [9.17, 15) is 23.7 Å². The number of ether oxygens (including phenoxy) is 2. The summed E-state index contributed by atoms with van der Waals surface area (Å²) in [6.45, 7) is 1.29. The lowest BCUT2D eigenvalue weighted by Gasteiger charge is -2.15. The number of halogens is 2. The average molecular weight is 352 g/mol. The number of nitrogens with zero attached hydrogens (tertiary/aromatic N) is 1. The van der Waals surface area contributed by atoms with Crippen LogP contribution in [0.15, 0.2) is 36.4 Å². The first-order chi connectivity index (χ1) is 11.8. The molecule has 1 atom stereocenters. The summed E-state index contributed by atoms with van der Waals surface area (Å²) in [7, 11) is 1.35. The number of amides is 1. The minimum absolute atomic E-state index is 0.178. The summed E-state index contributed by atoms with van der Waals surface area (Å²) < 4.78 is 37.3. The number of anilines is 1. The highest BCUT2D eigenvalue weighted by molar-refractivity contribution is 5.94. The number of nitro groups is 1. The van der Waals surface area contributed by atoms with Crippen molar-refractivity contribution in [2.75, 3.05) is 12.4 Å². The highest BCUT2D eigenvalue weighted by atomic mass is 19.1. The molecule has 7 nitrogen and oxygen atoms in total. The molecule has 0 aliphatic carbocycles. The molecule has 0 aromatic heterocycles. The van der Waals surface area contributed by atoms with E-state index in [1.54, 1.807) is 0 Å². The molecule has 1 amide bonds. The van der Waals surface area contributed by atoms with E-state index >= 15 is 0 Å². The Bertz CT molecular complexity index is 793. The molecular formula is C16H14F2N2O5. The van der Waals surface area contributed by atoms with E-state index in [4.69, 9.17) is 9.47 Å². The number of carbonyl (C=O) groups is 1. The van der Waals surface area contributed by atoms with Gasteiger partial charge in [-0.1, -0.05) is 6.07 Å². The summed E-state index contributed by atoms with van der Waals surface area (Å²) in [4.78, 5) is 22.5. The Morgan fingerprint density at radius 3 is 2.44 bits per heavy atom. The van der Waals surface area contributed by atoms with Gasteiger partial charge in [-0.05, 0) is 31.2 Å². The second-order valence-corrected chi connectivity index (χ2v) is 4.94. The number of benzene rings is 2. The van der Waals surface area contributed by atoms with Crippen molar-refractivity contribution in [1.29, 1.82) is 0 Å². The second-order valence-electron chi connectivity index (χ2n) is 4.94. The summed E-state index contributed by atoms with van der Waals surface area (Å²) in [6.07, 6.45) is -1.24. The molecule has 0 aliphatic rings. The van der Waals surface area contributed by atoms with Crippen molar-refractivity contribution in [3.05, 3.63) is 58.1 Å². The van der Waals surface area contributed by atoms with Crippen molar-refractivity contribution in [3.8, 4) is 11.5 Å². The second kappa shape index (κ2) is 7.56. The standard InChI is InChI=1S/C16H14F2N2O5/c1-9(16(21)19-15-11(17)4-3-5-12(15)18)25-14-7-6-10(24-2)8-13(14)20(22)23/h3-9H,1-2H3,(H,19,21)/t9-/m1/s1. The molecule has 1 N–H and O–H groups in total. The van der Waals surface area contributed by atoms with Crippen LogP contribution in [0.25, 0.3) is 0 Å². The molecule has 0 aliphatic heterocycles. The molecule has 0 heterocycles. The van der Waals surface area contributed by atoms with Gasteiger partial charge in [0.15, 0.2) is 11.9 Å². The number of hydrogen-bond acceptors (Lipinski definition) is 5. The van der Waals surface area contributed by atoms with Crippen molar-refractivity contribution in [1.82, 2.24) is 0 Å². The molecule has 2 rings (SSSR count). The summed E-state index contributed by atoms with van der Waals surface area (Å²) in [6, 6.07) is 6.95.